The van der Waals surface area contributed by atoms with Crippen molar-refractivity contribution in [1.82, 2.24) is 14.5 Å². The topological polar surface area (TPSA) is 96.7 Å². The number of aromatic nitrogens is 2. The fourth-order valence-electron chi connectivity index (χ4n) is 3.88. The number of halogens is 1. The Morgan fingerprint density at radius 3 is 2.69 bits per heavy atom. The standard InChI is InChI=1S/C21H22FN5O2/c1-2-14-7-9-24-17-16(14)20(25-23)27-12-11-26(21(29)18(27)19(17)28)10-8-13-3-5-15(22)6-4-13/h3-7,9,28H,2,8,10-12,23H2,1H3/b25-20-. The zero-order chi connectivity index (χ0) is 20.5. The Hall–Kier alpha value is -3.42. The Balaban J connectivity index is 1.74. The van der Waals surface area contributed by atoms with Crippen LogP contribution < -0.4 is 11.3 Å². The number of fused-ring (bicyclic) bond motifs is 2. The first-order valence-corrected chi connectivity index (χ1v) is 9.56. The van der Waals surface area contributed by atoms with Gasteiger partial charge < -0.3 is 20.4 Å². The van der Waals surface area contributed by atoms with E-state index < -0.39 is 0 Å². The van der Waals surface area contributed by atoms with Gasteiger partial charge in [-0.2, -0.15) is 5.10 Å². The number of nitrogens with zero attached hydrogens (tertiary/aromatic N) is 4. The van der Waals surface area contributed by atoms with Crippen LogP contribution in [0.5, 0.6) is 5.75 Å². The van der Waals surface area contributed by atoms with Crippen molar-refractivity contribution in [2.45, 2.75) is 26.3 Å². The molecular weight excluding hydrogens is 373 g/mol. The predicted octanol–water partition coefficient (Wildman–Crippen LogP) is 1.92. The molecule has 0 saturated heterocycles. The average molecular weight is 395 g/mol. The maximum absolute atomic E-state index is 13.2. The maximum Gasteiger partial charge on any atom is 0.274 e. The molecule has 0 fully saturated rings. The van der Waals surface area contributed by atoms with Gasteiger partial charge in [-0.15, -0.1) is 0 Å². The normalized spacial score (nSPS) is 14.5. The van der Waals surface area contributed by atoms with Crippen molar-refractivity contribution >= 4 is 16.8 Å². The van der Waals surface area contributed by atoms with Crippen LogP contribution in [0.1, 0.15) is 28.5 Å². The molecular formula is C21H22FN5O2. The molecule has 0 bridgehead atoms. The average Bonchev–Trinajstić information content (AvgIpc) is 2.74. The van der Waals surface area contributed by atoms with Crippen LogP contribution in [0.25, 0.3) is 10.9 Å². The number of amides is 1. The smallest absolute Gasteiger partial charge is 0.274 e. The van der Waals surface area contributed by atoms with Crippen molar-refractivity contribution in [3.05, 3.63) is 64.7 Å². The molecule has 4 rings (SSSR count). The zero-order valence-electron chi connectivity index (χ0n) is 16.1. The molecule has 1 aromatic carbocycles. The van der Waals surface area contributed by atoms with Gasteiger partial charge in [-0.05, 0) is 42.2 Å². The van der Waals surface area contributed by atoms with E-state index >= 15 is 0 Å². The van der Waals surface area contributed by atoms with Crippen LogP contribution in [-0.4, -0.2) is 38.6 Å². The molecule has 0 unspecified atom stereocenters. The van der Waals surface area contributed by atoms with Gasteiger partial charge in [0, 0.05) is 25.8 Å². The van der Waals surface area contributed by atoms with E-state index in [0.29, 0.717) is 42.4 Å². The summed E-state index contributed by atoms with van der Waals surface area (Å²) in [6.07, 6.45) is 2.92. The minimum Gasteiger partial charge on any atom is -0.504 e. The molecule has 3 aromatic rings. The third-order valence-corrected chi connectivity index (χ3v) is 5.41. The van der Waals surface area contributed by atoms with Crippen molar-refractivity contribution in [2.75, 3.05) is 13.1 Å². The van der Waals surface area contributed by atoms with Gasteiger partial charge in [-0.1, -0.05) is 19.1 Å². The first-order chi connectivity index (χ1) is 14.0. The molecule has 0 atom stereocenters. The van der Waals surface area contributed by atoms with Crippen LogP contribution in [0, 0.1) is 5.82 Å². The molecule has 29 heavy (non-hydrogen) atoms. The van der Waals surface area contributed by atoms with Crippen molar-refractivity contribution < 1.29 is 14.3 Å². The number of pyridine rings is 2. The van der Waals surface area contributed by atoms with E-state index in [4.69, 9.17) is 5.84 Å². The van der Waals surface area contributed by atoms with Crippen molar-refractivity contribution in [2.24, 2.45) is 10.9 Å². The molecule has 8 heteroatoms. The number of nitrogens with two attached hydrogens (primary N) is 1. The molecule has 0 spiro atoms. The molecule has 0 saturated carbocycles. The Morgan fingerprint density at radius 1 is 1.24 bits per heavy atom. The summed E-state index contributed by atoms with van der Waals surface area (Å²) in [6.45, 7) is 3.38. The van der Waals surface area contributed by atoms with Crippen LogP contribution in [0.3, 0.4) is 0 Å². The van der Waals surface area contributed by atoms with E-state index in [9.17, 15) is 14.3 Å². The molecule has 0 aliphatic carbocycles. The molecule has 1 aliphatic rings. The number of hydrogen-bond acceptors (Lipinski definition) is 5. The van der Waals surface area contributed by atoms with Gasteiger partial charge in [0.2, 0.25) is 0 Å². The summed E-state index contributed by atoms with van der Waals surface area (Å²) < 4.78 is 14.8. The van der Waals surface area contributed by atoms with E-state index in [1.807, 2.05) is 13.0 Å². The number of benzene rings is 1. The van der Waals surface area contributed by atoms with Crippen molar-refractivity contribution in [3.8, 4) is 5.75 Å². The van der Waals surface area contributed by atoms with E-state index in [2.05, 4.69) is 10.1 Å². The molecule has 3 N–H and O–H groups in total. The minimum absolute atomic E-state index is 0.146. The summed E-state index contributed by atoms with van der Waals surface area (Å²) in [5, 5.41) is 15.5. The highest BCUT2D eigenvalue weighted by molar-refractivity contribution is 6.01. The Morgan fingerprint density at radius 2 is 2.00 bits per heavy atom. The Bertz CT molecular complexity index is 1150. The van der Waals surface area contributed by atoms with E-state index in [1.54, 1.807) is 27.8 Å². The SMILES string of the molecule is CCc1ccnc2c(O)c3n(/c(=N\N)c12)CCN(CCc1ccc(F)cc1)C3=O. The van der Waals surface area contributed by atoms with E-state index in [0.717, 1.165) is 17.5 Å². The summed E-state index contributed by atoms with van der Waals surface area (Å²) >= 11 is 0. The fraction of sp³-hybridized carbons (Fsp3) is 0.286. The lowest BCUT2D eigenvalue weighted by Gasteiger charge is -2.31. The third-order valence-electron chi connectivity index (χ3n) is 5.41. The van der Waals surface area contributed by atoms with Crippen molar-refractivity contribution in [1.29, 1.82) is 0 Å². The number of rotatable bonds is 4. The van der Waals surface area contributed by atoms with Crippen LogP contribution in [0.15, 0.2) is 41.6 Å². The highest BCUT2D eigenvalue weighted by atomic mass is 19.1. The molecule has 7 nitrogen and oxygen atoms in total. The number of hydrogen-bond donors (Lipinski definition) is 2. The lowest BCUT2D eigenvalue weighted by molar-refractivity contribution is 0.0698. The molecule has 0 radical (unpaired) electrons. The number of aromatic hydroxyl groups is 1. The zero-order valence-corrected chi connectivity index (χ0v) is 16.1. The highest BCUT2D eigenvalue weighted by Crippen LogP contribution is 2.29. The second-order valence-electron chi connectivity index (χ2n) is 7.02. The van der Waals surface area contributed by atoms with Gasteiger partial charge in [0.15, 0.2) is 16.9 Å². The Kier molecular flexibility index (Phi) is 4.92. The summed E-state index contributed by atoms with van der Waals surface area (Å²) in [5.74, 6) is 4.94. The second kappa shape index (κ2) is 7.54. The van der Waals surface area contributed by atoms with Crippen LogP contribution in [0.4, 0.5) is 4.39 Å². The van der Waals surface area contributed by atoms with Gasteiger partial charge in [0.05, 0.1) is 5.39 Å². The third kappa shape index (κ3) is 3.20. The monoisotopic (exact) mass is 395 g/mol. The van der Waals surface area contributed by atoms with Gasteiger partial charge in [0.25, 0.3) is 5.91 Å². The fourth-order valence-corrected chi connectivity index (χ4v) is 3.88. The summed E-state index contributed by atoms with van der Waals surface area (Å²) in [5.41, 5.74) is 2.81. The maximum atomic E-state index is 13.2. The molecule has 150 valence electrons. The quantitative estimate of drug-likeness (QED) is 0.521. The van der Waals surface area contributed by atoms with Crippen LogP contribution in [0.2, 0.25) is 0 Å². The molecule has 1 amide bonds. The van der Waals surface area contributed by atoms with Gasteiger partial charge >= 0.3 is 0 Å². The molecule has 3 heterocycles. The van der Waals surface area contributed by atoms with Crippen LogP contribution >= 0.6 is 0 Å². The van der Waals surface area contributed by atoms with Crippen LogP contribution in [-0.2, 0) is 19.4 Å². The minimum atomic E-state index is -0.300. The predicted molar refractivity (Wildman–Crippen MR) is 107 cm³/mol. The first kappa shape index (κ1) is 18.9. The summed E-state index contributed by atoms with van der Waals surface area (Å²) in [7, 11) is 0. The lowest BCUT2D eigenvalue weighted by atomic mass is 10.1. The number of carbonyl (C=O) groups excluding carboxylic acids is 1. The van der Waals surface area contributed by atoms with Gasteiger partial charge in [0.1, 0.15) is 11.3 Å². The van der Waals surface area contributed by atoms with E-state index in [1.165, 1.54) is 12.1 Å². The largest absolute Gasteiger partial charge is 0.504 e. The molecule has 1 aliphatic heterocycles. The lowest BCUT2D eigenvalue weighted by Crippen LogP contribution is -2.45. The molecule has 2 aromatic heterocycles. The van der Waals surface area contributed by atoms with E-state index in [-0.39, 0.29) is 23.2 Å². The van der Waals surface area contributed by atoms with Gasteiger partial charge in [-0.3, -0.25) is 9.78 Å². The van der Waals surface area contributed by atoms with Gasteiger partial charge in [-0.25, -0.2) is 4.39 Å². The number of carbonyl (C=O) groups is 1. The first-order valence-electron chi connectivity index (χ1n) is 9.56. The van der Waals surface area contributed by atoms with Crippen molar-refractivity contribution in [3.63, 3.8) is 0 Å². The number of aryl methyl sites for hydroxylation is 1. The second-order valence-corrected chi connectivity index (χ2v) is 7.02. The Labute approximate surface area is 166 Å². The summed E-state index contributed by atoms with van der Waals surface area (Å²) in [4.78, 5) is 19.1. The highest BCUT2D eigenvalue weighted by Gasteiger charge is 2.30. The summed E-state index contributed by atoms with van der Waals surface area (Å²) in [6, 6.07) is 8.09.